The lowest BCUT2D eigenvalue weighted by molar-refractivity contribution is 0.138. The summed E-state index contributed by atoms with van der Waals surface area (Å²) in [7, 11) is -2.28. The van der Waals surface area contributed by atoms with Crippen molar-refractivity contribution in [1.82, 2.24) is 9.97 Å². The number of amides is 1. The number of ether oxygens (including phenoxy) is 1. The van der Waals surface area contributed by atoms with Crippen molar-refractivity contribution in [2.45, 2.75) is 62.3 Å². The molecule has 36 heavy (non-hydrogen) atoms. The normalized spacial score (nSPS) is 20.5. The SMILES string of the molecule is CC(C)(COC(N)=O)Nc1nc(N2CC=C(c3ccc4c(c3)C[Si](C)(C)C4)CC2)nc2c1[S@](=O)CC2. The second-order valence-electron chi connectivity index (χ2n) is 11.5. The van der Waals surface area contributed by atoms with E-state index in [0.717, 1.165) is 25.2 Å². The smallest absolute Gasteiger partial charge is 0.404 e. The van der Waals surface area contributed by atoms with Crippen LogP contribution in [0.15, 0.2) is 29.2 Å². The third-order valence-corrected chi connectivity index (χ3v) is 11.3. The molecule has 1 atom stereocenters. The number of nitrogens with two attached hydrogens (primary N) is 1. The number of carbonyl (C=O) groups is 1. The molecule has 0 aliphatic carbocycles. The van der Waals surface area contributed by atoms with Gasteiger partial charge in [-0.1, -0.05) is 37.4 Å². The first-order chi connectivity index (χ1) is 17.0. The zero-order valence-corrected chi connectivity index (χ0v) is 23.3. The molecule has 4 heterocycles. The number of nitrogens with zero attached hydrogens (tertiary/aromatic N) is 3. The van der Waals surface area contributed by atoms with E-state index in [2.05, 4.69) is 47.6 Å². The van der Waals surface area contributed by atoms with E-state index in [1.807, 2.05) is 13.8 Å². The minimum Gasteiger partial charge on any atom is -0.447 e. The molecule has 3 N–H and O–H groups in total. The minimum absolute atomic E-state index is 0.0688. The summed E-state index contributed by atoms with van der Waals surface area (Å²) in [6.45, 7) is 10.3. The Labute approximate surface area is 216 Å². The molecule has 0 saturated carbocycles. The van der Waals surface area contributed by atoms with Crippen LogP contribution in [0.3, 0.4) is 0 Å². The number of primary amides is 1. The summed E-state index contributed by atoms with van der Waals surface area (Å²) < 4.78 is 17.7. The standard InChI is InChI=1S/C26H35N5O3SSi/c1-26(2,16-34-24(27)32)30-23-22-21(9-12-35(22)33)28-25(29-23)31-10-7-17(8-11-31)18-5-6-19-14-36(3,4)15-20(19)13-18/h5-7,13H,8-12,14-16H2,1-4H3,(H2,27,32)(H,28,29,30)/t35-/m1/s1. The van der Waals surface area contributed by atoms with Crippen molar-refractivity contribution >= 4 is 42.3 Å². The van der Waals surface area contributed by atoms with Gasteiger partial charge < -0.3 is 20.7 Å². The lowest BCUT2D eigenvalue weighted by Crippen LogP contribution is -2.39. The van der Waals surface area contributed by atoms with Gasteiger partial charge >= 0.3 is 6.09 Å². The van der Waals surface area contributed by atoms with E-state index in [1.54, 1.807) is 11.1 Å². The molecule has 0 bridgehead atoms. The van der Waals surface area contributed by atoms with Gasteiger partial charge in [-0.15, -0.1) is 0 Å². The van der Waals surface area contributed by atoms with Crippen LogP contribution in [0.5, 0.6) is 0 Å². The van der Waals surface area contributed by atoms with Crippen molar-refractivity contribution < 1.29 is 13.7 Å². The van der Waals surface area contributed by atoms with E-state index in [1.165, 1.54) is 23.2 Å². The Balaban J connectivity index is 1.36. The number of rotatable bonds is 6. The fraction of sp³-hybridized carbons (Fsp3) is 0.500. The van der Waals surface area contributed by atoms with Crippen molar-refractivity contribution in [3.8, 4) is 0 Å². The van der Waals surface area contributed by atoms with Gasteiger partial charge in [0.25, 0.3) is 0 Å². The van der Waals surface area contributed by atoms with Crippen molar-refractivity contribution in [3.63, 3.8) is 0 Å². The Bertz CT molecular complexity index is 1280. The van der Waals surface area contributed by atoms with Crippen molar-refractivity contribution in [2.24, 2.45) is 5.73 Å². The predicted octanol–water partition coefficient (Wildman–Crippen LogP) is 3.61. The van der Waals surface area contributed by atoms with Crippen LogP contribution in [-0.2, 0) is 34.0 Å². The quantitative estimate of drug-likeness (QED) is 0.555. The van der Waals surface area contributed by atoms with Gasteiger partial charge in [0, 0.05) is 25.3 Å². The van der Waals surface area contributed by atoms with E-state index >= 15 is 0 Å². The Morgan fingerprint density at radius 1 is 1.22 bits per heavy atom. The molecule has 3 aliphatic heterocycles. The zero-order chi connectivity index (χ0) is 25.7. The number of hydrogen-bond acceptors (Lipinski definition) is 7. The number of benzene rings is 1. The molecular weight excluding hydrogens is 490 g/mol. The van der Waals surface area contributed by atoms with E-state index in [4.69, 9.17) is 20.4 Å². The first-order valence-electron chi connectivity index (χ1n) is 12.6. The van der Waals surface area contributed by atoms with E-state index in [0.29, 0.717) is 28.8 Å². The molecule has 1 amide bonds. The highest BCUT2D eigenvalue weighted by molar-refractivity contribution is 7.85. The van der Waals surface area contributed by atoms with Crippen LogP contribution in [-0.4, -0.2) is 59.3 Å². The van der Waals surface area contributed by atoms with Gasteiger partial charge in [-0.05, 0) is 54.6 Å². The first kappa shape index (κ1) is 24.9. The van der Waals surface area contributed by atoms with Gasteiger partial charge in [0.15, 0.2) is 0 Å². The fourth-order valence-electron chi connectivity index (χ4n) is 5.39. The minimum atomic E-state index is -1.15. The monoisotopic (exact) mass is 525 g/mol. The van der Waals surface area contributed by atoms with Crippen LogP contribution in [0.4, 0.5) is 16.6 Å². The number of fused-ring (bicyclic) bond motifs is 2. The highest BCUT2D eigenvalue weighted by Gasteiger charge is 2.32. The molecule has 0 radical (unpaired) electrons. The molecule has 1 aromatic carbocycles. The van der Waals surface area contributed by atoms with Crippen LogP contribution in [0.25, 0.3) is 5.57 Å². The van der Waals surface area contributed by atoms with Gasteiger partial charge in [0.2, 0.25) is 5.95 Å². The molecule has 10 heteroatoms. The van der Waals surface area contributed by atoms with E-state index in [-0.39, 0.29) is 6.61 Å². The highest BCUT2D eigenvalue weighted by atomic mass is 32.2. The van der Waals surface area contributed by atoms with E-state index < -0.39 is 30.5 Å². The largest absolute Gasteiger partial charge is 0.447 e. The molecule has 3 aliphatic rings. The third-order valence-electron chi connectivity index (χ3n) is 7.11. The number of aromatic nitrogens is 2. The van der Waals surface area contributed by atoms with Crippen molar-refractivity contribution in [3.05, 3.63) is 46.7 Å². The van der Waals surface area contributed by atoms with E-state index in [9.17, 15) is 9.00 Å². The molecule has 2 aromatic rings. The van der Waals surface area contributed by atoms with Crippen molar-refractivity contribution in [1.29, 1.82) is 0 Å². The number of aryl methyl sites for hydroxylation is 1. The lowest BCUT2D eigenvalue weighted by atomic mass is 9.96. The molecule has 8 nitrogen and oxygen atoms in total. The second-order valence-corrected chi connectivity index (χ2v) is 18.0. The molecule has 5 rings (SSSR count). The highest BCUT2D eigenvalue weighted by Crippen LogP contribution is 2.34. The van der Waals surface area contributed by atoms with Crippen LogP contribution >= 0.6 is 0 Å². The van der Waals surface area contributed by atoms with Gasteiger partial charge in [-0.2, -0.15) is 4.98 Å². The maximum absolute atomic E-state index is 12.7. The summed E-state index contributed by atoms with van der Waals surface area (Å²) in [5.41, 5.74) is 11.1. The summed E-state index contributed by atoms with van der Waals surface area (Å²) in [5, 5.41) is 3.33. The number of hydrogen-bond donors (Lipinski definition) is 2. The van der Waals surface area contributed by atoms with Gasteiger partial charge in [0.05, 0.1) is 30.1 Å². The summed E-state index contributed by atoms with van der Waals surface area (Å²) in [5.74, 6) is 1.73. The fourth-order valence-corrected chi connectivity index (χ4v) is 9.55. The van der Waals surface area contributed by atoms with Crippen LogP contribution in [0, 0.1) is 0 Å². The Kier molecular flexibility index (Phi) is 6.44. The van der Waals surface area contributed by atoms with Crippen molar-refractivity contribution in [2.75, 3.05) is 35.7 Å². The Morgan fingerprint density at radius 2 is 2.00 bits per heavy atom. The van der Waals surface area contributed by atoms with Crippen LogP contribution in [0.1, 0.15) is 42.7 Å². The molecule has 0 spiro atoms. The molecular formula is C26H35N5O3SSi. The molecule has 0 fully saturated rings. The number of anilines is 2. The van der Waals surface area contributed by atoms with Gasteiger partial charge in [0.1, 0.15) is 17.3 Å². The average molecular weight is 526 g/mol. The second kappa shape index (κ2) is 9.30. The van der Waals surface area contributed by atoms with Crippen LogP contribution in [0.2, 0.25) is 13.1 Å². The summed E-state index contributed by atoms with van der Waals surface area (Å²) in [4.78, 5) is 23.5. The third kappa shape index (κ3) is 5.20. The zero-order valence-electron chi connectivity index (χ0n) is 21.5. The van der Waals surface area contributed by atoms with Gasteiger partial charge in [-0.25, -0.2) is 9.78 Å². The summed E-state index contributed by atoms with van der Waals surface area (Å²) in [6.07, 6.45) is 3.04. The summed E-state index contributed by atoms with van der Waals surface area (Å²) >= 11 is 0. The number of nitrogens with one attached hydrogen (secondary N) is 1. The Morgan fingerprint density at radius 3 is 2.72 bits per heavy atom. The molecule has 192 valence electrons. The maximum atomic E-state index is 12.7. The average Bonchev–Trinajstić information content (AvgIpc) is 3.35. The maximum Gasteiger partial charge on any atom is 0.404 e. The van der Waals surface area contributed by atoms with Gasteiger partial charge in [-0.3, -0.25) is 4.21 Å². The predicted molar refractivity (Wildman–Crippen MR) is 146 cm³/mol. The summed E-state index contributed by atoms with van der Waals surface area (Å²) in [6, 6.07) is 9.60. The van der Waals surface area contributed by atoms with Crippen LogP contribution < -0.4 is 16.0 Å². The lowest BCUT2D eigenvalue weighted by Gasteiger charge is -2.30. The number of carbonyl (C=O) groups excluding carboxylic acids is 1. The Hall–Kier alpha value is -2.72. The molecule has 0 saturated heterocycles. The topological polar surface area (TPSA) is 110 Å². The molecule has 0 unspecified atom stereocenters. The molecule has 1 aromatic heterocycles. The first-order valence-corrected chi connectivity index (χ1v) is 17.3.